The first-order chi connectivity index (χ1) is 10.1. The highest BCUT2D eigenvalue weighted by atomic mass is 16.2. The van der Waals surface area contributed by atoms with Crippen molar-refractivity contribution < 1.29 is 9.59 Å². The Morgan fingerprint density at radius 2 is 2.19 bits per heavy atom. The van der Waals surface area contributed by atoms with Crippen molar-refractivity contribution in [3.05, 3.63) is 36.4 Å². The monoisotopic (exact) mass is 288 g/mol. The minimum absolute atomic E-state index is 0.00583. The van der Waals surface area contributed by atoms with Crippen LogP contribution in [-0.4, -0.2) is 39.8 Å². The summed E-state index contributed by atoms with van der Waals surface area (Å²) >= 11 is 0. The molecule has 1 aromatic heterocycles. The van der Waals surface area contributed by atoms with Crippen LogP contribution in [0.25, 0.3) is 0 Å². The molecular formula is C15H20N4O2. The molecule has 21 heavy (non-hydrogen) atoms. The Bertz CT molecular complexity index is 544. The van der Waals surface area contributed by atoms with E-state index in [1.807, 2.05) is 4.90 Å². The molecule has 112 valence electrons. The standard InChI is InChI=1S/C15H20N4O2/c1-2-14(20)19-6-3-4-11(5-7-19)8-12-9-13(15(16)21)18-10-17-12/h2,9-11H,1,3-8H2,(H2,16,21). The fourth-order valence-electron chi connectivity index (χ4n) is 2.66. The van der Waals surface area contributed by atoms with Crippen molar-refractivity contribution in [1.29, 1.82) is 0 Å². The van der Waals surface area contributed by atoms with Crippen molar-refractivity contribution >= 4 is 11.8 Å². The summed E-state index contributed by atoms with van der Waals surface area (Å²) in [6.07, 6.45) is 6.45. The molecule has 2 rings (SSSR count). The molecule has 1 fully saturated rings. The van der Waals surface area contributed by atoms with Gasteiger partial charge < -0.3 is 10.6 Å². The Labute approximate surface area is 124 Å². The minimum atomic E-state index is -0.540. The summed E-state index contributed by atoms with van der Waals surface area (Å²) in [5, 5.41) is 0. The van der Waals surface area contributed by atoms with Gasteiger partial charge in [-0.05, 0) is 43.7 Å². The van der Waals surface area contributed by atoms with E-state index in [-0.39, 0.29) is 11.6 Å². The first-order valence-electron chi connectivity index (χ1n) is 7.12. The van der Waals surface area contributed by atoms with Gasteiger partial charge in [0.05, 0.1) is 0 Å². The lowest BCUT2D eigenvalue weighted by molar-refractivity contribution is -0.125. The molecule has 1 unspecified atom stereocenters. The quantitative estimate of drug-likeness (QED) is 0.835. The van der Waals surface area contributed by atoms with Gasteiger partial charge in [0.2, 0.25) is 5.91 Å². The van der Waals surface area contributed by atoms with Gasteiger partial charge in [0.25, 0.3) is 5.91 Å². The molecule has 2 N–H and O–H groups in total. The highest BCUT2D eigenvalue weighted by molar-refractivity contribution is 5.90. The summed E-state index contributed by atoms with van der Waals surface area (Å²) in [6.45, 7) is 5.04. The predicted molar refractivity (Wildman–Crippen MR) is 78.4 cm³/mol. The summed E-state index contributed by atoms with van der Waals surface area (Å²) in [7, 11) is 0. The zero-order valence-electron chi connectivity index (χ0n) is 12.0. The van der Waals surface area contributed by atoms with Crippen LogP contribution in [0.4, 0.5) is 0 Å². The molecule has 1 aliphatic heterocycles. The summed E-state index contributed by atoms with van der Waals surface area (Å²) in [4.78, 5) is 32.7. The third-order valence-corrected chi connectivity index (χ3v) is 3.81. The summed E-state index contributed by atoms with van der Waals surface area (Å²) in [5.41, 5.74) is 6.30. The van der Waals surface area contributed by atoms with Gasteiger partial charge >= 0.3 is 0 Å². The van der Waals surface area contributed by atoms with Crippen molar-refractivity contribution in [1.82, 2.24) is 14.9 Å². The highest BCUT2D eigenvalue weighted by Crippen LogP contribution is 2.21. The number of likely N-dealkylation sites (tertiary alicyclic amines) is 1. The van der Waals surface area contributed by atoms with E-state index >= 15 is 0 Å². The Morgan fingerprint density at radius 3 is 2.90 bits per heavy atom. The molecule has 0 bridgehead atoms. The van der Waals surface area contributed by atoms with Gasteiger partial charge in [0.1, 0.15) is 12.0 Å². The third kappa shape index (κ3) is 4.11. The Balaban J connectivity index is 1.97. The second kappa shape index (κ2) is 6.97. The SMILES string of the molecule is C=CC(=O)N1CCCC(Cc2cc(C(N)=O)ncn2)CC1. The number of hydrogen-bond acceptors (Lipinski definition) is 4. The lowest BCUT2D eigenvalue weighted by Crippen LogP contribution is -2.30. The first kappa shape index (κ1) is 15.2. The second-order valence-electron chi connectivity index (χ2n) is 5.29. The largest absolute Gasteiger partial charge is 0.364 e. The number of primary amides is 1. The van der Waals surface area contributed by atoms with Crippen LogP contribution in [-0.2, 0) is 11.2 Å². The number of carbonyl (C=O) groups excluding carboxylic acids is 2. The average molecular weight is 288 g/mol. The Morgan fingerprint density at radius 1 is 1.38 bits per heavy atom. The zero-order valence-corrected chi connectivity index (χ0v) is 12.0. The number of amides is 2. The number of nitrogens with zero attached hydrogens (tertiary/aromatic N) is 3. The van der Waals surface area contributed by atoms with Crippen LogP contribution in [0.15, 0.2) is 25.0 Å². The molecule has 6 heteroatoms. The van der Waals surface area contributed by atoms with Crippen molar-refractivity contribution in [3.63, 3.8) is 0 Å². The Kier molecular flexibility index (Phi) is 5.03. The maximum absolute atomic E-state index is 11.6. The molecule has 0 radical (unpaired) electrons. The number of hydrogen-bond donors (Lipinski definition) is 1. The molecule has 6 nitrogen and oxygen atoms in total. The van der Waals surface area contributed by atoms with E-state index in [2.05, 4.69) is 16.5 Å². The van der Waals surface area contributed by atoms with E-state index in [4.69, 9.17) is 5.73 Å². The molecular weight excluding hydrogens is 268 g/mol. The molecule has 0 aromatic carbocycles. The minimum Gasteiger partial charge on any atom is -0.364 e. The van der Waals surface area contributed by atoms with Crippen LogP contribution < -0.4 is 5.73 Å². The number of nitrogens with two attached hydrogens (primary N) is 1. The van der Waals surface area contributed by atoms with E-state index in [1.165, 1.54) is 12.4 Å². The van der Waals surface area contributed by atoms with Crippen LogP contribution >= 0.6 is 0 Å². The van der Waals surface area contributed by atoms with Gasteiger partial charge in [-0.15, -0.1) is 0 Å². The maximum atomic E-state index is 11.6. The van der Waals surface area contributed by atoms with Crippen LogP contribution in [0.5, 0.6) is 0 Å². The fourth-order valence-corrected chi connectivity index (χ4v) is 2.66. The van der Waals surface area contributed by atoms with Gasteiger partial charge in [-0.1, -0.05) is 6.58 Å². The predicted octanol–water partition coefficient (Wildman–Crippen LogP) is 0.933. The van der Waals surface area contributed by atoms with E-state index in [0.29, 0.717) is 5.92 Å². The van der Waals surface area contributed by atoms with Crippen molar-refractivity contribution in [3.8, 4) is 0 Å². The van der Waals surface area contributed by atoms with Gasteiger partial charge in [-0.3, -0.25) is 9.59 Å². The van der Waals surface area contributed by atoms with Gasteiger partial charge in [-0.2, -0.15) is 0 Å². The van der Waals surface area contributed by atoms with Crippen molar-refractivity contribution in [2.24, 2.45) is 11.7 Å². The number of rotatable bonds is 4. The molecule has 1 atom stereocenters. The third-order valence-electron chi connectivity index (χ3n) is 3.81. The summed E-state index contributed by atoms with van der Waals surface area (Å²) in [5.74, 6) is -0.0980. The smallest absolute Gasteiger partial charge is 0.267 e. The van der Waals surface area contributed by atoms with Crippen LogP contribution in [0, 0.1) is 5.92 Å². The van der Waals surface area contributed by atoms with Crippen molar-refractivity contribution in [2.75, 3.05) is 13.1 Å². The first-order valence-corrected chi connectivity index (χ1v) is 7.12. The van der Waals surface area contributed by atoms with Crippen LogP contribution in [0.3, 0.4) is 0 Å². The number of aromatic nitrogens is 2. The average Bonchev–Trinajstić information content (AvgIpc) is 2.72. The molecule has 1 saturated heterocycles. The van der Waals surface area contributed by atoms with Crippen LogP contribution in [0.1, 0.15) is 35.4 Å². The van der Waals surface area contributed by atoms with Gasteiger partial charge in [0, 0.05) is 18.8 Å². The fraction of sp³-hybridized carbons (Fsp3) is 0.467. The molecule has 0 spiro atoms. The Hall–Kier alpha value is -2.24. The zero-order chi connectivity index (χ0) is 15.2. The van der Waals surface area contributed by atoms with Crippen molar-refractivity contribution in [2.45, 2.75) is 25.7 Å². The summed E-state index contributed by atoms with van der Waals surface area (Å²) < 4.78 is 0. The number of carbonyl (C=O) groups is 2. The lowest BCUT2D eigenvalue weighted by Gasteiger charge is -2.18. The van der Waals surface area contributed by atoms with E-state index in [1.54, 1.807) is 6.07 Å². The van der Waals surface area contributed by atoms with Gasteiger partial charge in [-0.25, -0.2) is 9.97 Å². The van der Waals surface area contributed by atoms with Crippen LogP contribution in [0.2, 0.25) is 0 Å². The maximum Gasteiger partial charge on any atom is 0.267 e. The second-order valence-corrected chi connectivity index (χ2v) is 5.29. The molecule has 1 aromatic rings. The molecule has 1 aliphatic rings. The molecule has 0 aliphatic carbocycles. The topological polar surface area (TPSA) is 89.2 Å². The van der Waals surface area contributed by atoms with E-state index in [0.717, 1.165) is 44.5 Å². The van der Waals surface area contributed by atoms with E-state index in [9.17, 15) is 9.59 Å². The van der Waals surface area contributed by atoms with Gasteiger partial charge in [0.15, 0.2) is 0 Å². The normalized spacial score (nSPS) is 18.9. The highest BCUT2D eigenvalue weighted by Gasteiger charge is 2.20. The summed E-state index contributed by atoms with van der Waals surface area (Å²) in [6, 6.07) is 1.65. The lowest BCUT2D eigenvalue weighted by atomic mass is 9.95. The molecule has 2 amide bonds. The molecule has 0 saturated carbocycles. The van der Waals surface area contributed by atoms with E-state index < -0.39 is 5.91 Å². The molecule has 2 heterocycles.